The molecule has 1 aliphatic rings. The number of nitrogens with one attached hydrogen (secondary N) is 1. The fourth-order valence-corrected chi connectivity index (χ4v) is 3.50. The van der Waals surface area contributed by atoms with E-state index in [2.05, 4.69) is 20.2 Å². The minimum atomic E-state index is -0.712. The second kappa shape index (κ2) is 8.56. The summed E-state index contributed by atoms with van der Waals surface area (Å²) < 4.78 is 0. The molecule has 0 spiro atoms. The van der Waals surface area contributed by atoms with Crippen molar-refractivity contribution in [3.8, 4) is 0 Å². The van der Waals surface area contributed by atoms with E-state index < -0.39 is 5.97 Å². The van der Waals surface area contributed by atoms with Crippen molar-refractivity contribution in [3.63, 3.8) is 0 Å². The van der Waals surface area contributed by atoms with Crippen LogP contribution in [0.1, 0.15) is 18.4 Å². The van der Waals surface area contributed by atoms with Gasteiger partial charge in [0.15, 0.2) is 0 Å². The van der Waals surface area contributed by atoms with Crippen molar-refractivity contribution in [2.24, 2.45) is 5.92 Å². The first-order valence-corrected chi connectivity index (χ1v) is 9.27. The van der Waals surface area contributed by atoms with Crippen molar-refractivity contribution >= 4 is 40.9 Å². The third kappa shape index (κ3) is 4.77. The summed E-state index contributed by atoms with van der Waals surface area (Å²) in [5.74, 6) is 0.397. The van der Waals surface area contributed by atoms with E-state index in [9.17, 15) is 4.79 Å². The summed E-state index contributed by atoms with van der Waals surface area (Å²) >= 11 is 12.1. The second-order valence-electron chi connectivity index (χ2n) is 6.25. The lowest BCUT2D eigenvalue weighted by atomic mass is 9.97. The number of aliphatic carboxylic acids is 1. The van der Waals surface area contributed by atoms with Gasteiger partial charge < -0.3 is 15.3 Å². The quantitative estimate of drug-likeness (QED) is 0.776. The molecule has 0 radical (unpaired) electrons. The molecule has 0 atom stereocenters. The molecule has 8 heteroatoms. The van der Waals surface area contributed by atoms with E-state index in [4.69, 9.17) is 28.3 Å². The first kappa shape index (κ1) is 18.7. The first-order valence-electron chi connectivity index (χ1n) is 8.51. The van der Waals surface area contributed by atoms with Crippen LogP contribution in [0.25, 0.3) is 0 Å². The molecule has 0 saturated carbocycles. The molecule has 26 heavy (non-hydrogen) atoms. The Morgan fingerprint density at radius 3 is 2.73 bits per heavy atom. The number of benzene rings is 1. The van der Waals surface area contributed by atoms with Gasteiger partial charge in [0.05, 0.1) is 5.92 Å². The number of hydrogen-bond acceptors (Lipinski definition) is 5. The number of carboxylic acids is 1. The summed E-state index contributed by atoms with van der Waals surface area (Å²) in [6, 6.07) is 7.31. The highest BCUT2D eigenvalue weighted by Crippen LogP contribution is 2.23. The Morgan fingerprint density at radius 1 is 1.27 bits per heavy atom. The van der Waals surface area contributed by atoms with E-state index >= 15 is 0 Å². The molecule has 0 bridgehead atoms. The zero-order chi connectivity index (χ0) is 18.5. The van der Waals surface area contributed by atoms with Gasteiger partial charge >= 0.3 is 5.97 Å². The maximum Gasteiger partial charge on any atom is 0.306 e. The highest BCUT2D eigenvalue weighted by atomic mass is 35.5. The molecule has 1 aliphatic heterocycles. The van der Waals surface area contributed by atoms with Crippen molar-refractivity contribution in [1.82, 2.24) is 9.97 Å². The van der Waals surface area contributed by atoms with Crippen LogP contribution >= 0.6 is 23.2 Å². The number of carboxylic acid groups (broad SMARTS) is 1. The summed E-state index contributed by atoms with van der Waals surface area (Å²) in [5.41, 5.74) is 1.01. The van der Waals surface area contributed by atoms with Gasteiger partial charge in [0, 0.05) is 35.9 Å². The van der Waals surface area contributed by atoms with Crippen molar-refractivity contribution in [1.29, 1.82) is 0 Å². The average Bonchev–Trinajstić information content (AvgIpc) is 2.64. The fourth-order valence-electron chi connectivity index (χ4n) is 3.00. The first-order chi connectivity index (χ1) is 12.5. The van der Waals surface area contributed by atoms with Gasteiger partial charge in [-0.2, -0.15) is 4.98 Å². The minimum absolute atomic E-state index is 0.255. The Hall–Kier alpha value is -2.05. The molecule has 1 aromatic heterocycles. The van der Waals surface area contributed by atoms with Crippen LogP contribution in [-0.4, -0.2) is 40.7 Å². The predicted molar refractivity (Wildman–Crippen MR) is 103 cm³/mol. The fraction of sp³-hybridized carbons (Fsp3) is 0.389. The number of piperidine rings is 1. The highest BCUT2D eigenvalue weighted by molar-refractivity contribution is 6.35. The molecule has 1 aromatic carbocycles. The maximum absolute atomic E-state index is 11.1. The Balaban J connectivity index is 1.55. The molecular formula is C18H20Cl2N4O2. The Kier molecular flexibility index (Phi) is 6.16. The van der Waals surface area contributed by atoms with Crippen molar-refractivity contribution in [2.75, 3.05) is 29.9 Å². The van der Waals surface area contributed by atoms with Crippen LogP contribution in [-0.2, 0) is 11.2 Å². The third-order valence-corrected chi connectivity index (χ3v) is 5.09. The van der Waals surface area contributed by atoms with Gasteiger partial charge in [-0.05, 0) is 43.0 Å². The second-order valence-corrected chi connectivity index (χ2v) is 7.09. The maximum atomic E-state index is 11.1. The van der Waals surface area contributed by atoms with Crippen LogP contribution in [0.3, 0.4) is 0 Å². The van der Waals surface area contributed by atoms with Gasteiger partial charge in [-0.25, -0.2) is 4.98 Å². The van der Waals surface area contributed by atoms with Crippen molar-refractivity contribution < 1.29 is 9.90 Å². The summed E-state index contributed by atoms with van der Waals surface area (Å²) in [7, 11) is 0. The van der Waals surface area contributed by atoms with Crippen LogP contribution in [0.5, 0.6) is 0 Å². The van der Waals surface area contributed by atoms with E-state index in [0.29, 0.717) is 48.5 Å². The molecule has 0 aliphatic carbocycles. The Morgan fingerprint density at radius 2 is 2.04 bits per heavy atom. The highest BCUT2D eigenvalue weighted by Gasteiger charge is 2.25. The number of aromatic nitrogens is 2. The number of nitrogens with zero attached hydrogens (tertiary/aromatic N) is 3. The standard InChI is InChI=1S/C18H20Cl2N4O2/c19-14-2-1-12(15(20)11-14)3-7-21-18-22-8-4-16(23-18)24-9-5-13(6-10-24)17(25)26/h1-2,4,8,11,13H,3,5-7,9-10H2,(H,25,26)(H,21,22,23). The monoisotopic (exact) mass is 394 g/mol. The molecule has 1 fully saturated rings. The molecule has 2 N–H and O–H groups in total. The molecule has 3 rings (SSSR count). The summed E-state index contributed by atoms with van der Waals surface area (Å²) in [6.45, 7) is 2.02. The zero-order valence-corrected chi connectivity index (χ0v) is 15.7. The van der Waals surface area contributed by atoms with E-state index in [-0.39, 0.29) is 5.92 Å². The van der Waals surface area contributed by atoms with Gasteiger partial charge in [0.1, 0.15) is 5.82 Å². The van der Waals surface area contributed by atoms with Crippen molar-refractivity contribution in [2.45, 2.75) is 19.3 Å². The predicted octanol–water partition coefficient (Wildman–Crippen LogP) is 3.74. The Labute approximate surface area is 162 Å². The van der Waals surface area contributed by atoms with E-state index in [1.54, 1.807) is 12.3 Å². The average molecular weight is 395 g/mol. The number of rotatable bonds is 6. The zero-order valence-electron chi connectivity index (χ0n) is 14.2. The topological polar surface area (TPSA) is 78.3 Å². The minimum Gasteiger partial charge on any atom is -0.481 e. The van der Waals surface area contributed by atoms with Gasteiger partial charge in [-0.3, -0.25) is 4.79 Å². The van der Waals surface area contributed by atoms with E-state index in [0.717, 1.165) is 17.8 Å². The smallest absolute Gasteiger partial charge is 0.306 e. The molecule has 2 heterocycles. The molecule has 2 aromatic rings. The molecule has 6 nitrogen and oxygen atoms in total. The summed E-state index contributed by atoms with van der Waals surface area (Å²) in [4.78, 5) is 21.9. The number of hydrogen-bond donors (Lipinski definition) is 2. The largest absolute Gasteiger partial charge is 0.481 e. The molecule has 1 saturated heterocycles. The van der Waals surface area contributed by atoms with Crippen LogP contribution in [0, 0.1) is 5.92 Å². The third-order valence-electron chi connectivity index (χ3n) is 4.50. The number of halogens is 2. The van der Waals surface area contributed by atoms with Gasteiger partial charge in [-0.1, -0.05) is 29.3 Å². The molecule has 0 unspecified atom stereocenters. The normalized spacial score (nSPS) is 15.1. The van der Waals surface area contributed by atoms with E-state index in [1.165, 1.54) is 0 Å². The van der Waals surface area contributed by atoms with Crippen LogP contribution in [0.4, 0.5) is 11.8 Å². The number of anilines is 2. The molecule has 138 valence electrons. The van der Waals surface area contributed by atoms with Gasteiger partial charge in [0.25, 0.3) is 0 Å². The summed E-state index contributed by atoms with van der Waals surface area (Å²) in [6.07, 6.45) is 3.71. The van der Waals surface area contributed by atoms with Gasteiger partial charge in [-0.15, -0.1) is 0 Å². The van der Waals surface area contributed by atoms with Crippen LogP contribution < -0.4 is 10.2 Å². The van der Waals surface area contributed by atoms with E-state index in [1.807, 2.05) is 18.2 Å². The lowest BCUT2D eigenvalue weighted by molar-refractivity contribution is -0.142. The lowest BCUT2D eigenvalue weighted by Gasteiger charge is -2.31. The van der Waals surface area contributed by atoms with Crippen LogP contribution in [0.2, 0.25) is 10.0 Å². The molecule has 0 amide bonds. The summed E-state index contributed by atoms with van der Waals surface area (Å²) in [5, 5.41) is 13.6. The SMILES string of the molecule is O=C(O)C1CCN(c2ccnc(NCCc3ccc(Cl)cc3Cl)n2)CC1. The van der Waals surface area contributed by atoms with Crippen LogP contribution in [0.15, 0.2) is 30.5 Å². The van der Waals surface area contributed by atoms with Gasteiger partial charge in [0.2, 0.25) is 5.95 Å². The molecular weight excluding hydrogens is 375 g/mol. The Bertz CT molecular complexity index is 780. The lowest BCUT2D eigenvalue weighted by Crippen LogP contribution is -2.36. The number of carbonyl (C=O) groups is 1. The van der Waals surface area contributed by atoms with Crippen molar-refractivity contribution in [3.05, 3.63) is 46.1 Å².